The molecule has 1 fully saturated rings. The van der Waals surface area contributed by atoms with Gasteiger partial charge in [-0.25, -0.2) is 9.59 Å². The van der Waals surface area contributed by atoms with E-state index >= 15 is 0 Å². The van der Waals surface area contributed by atoms with Crippen molar-refractivity contribution >= 4 is 12.1 Å². The van der Waals surface area contributed by atoms with E-state index in [1.54, 1.807) is 27.7 Å². The number of hydrogen-bond donors (Lipinski definition) is 0. The minimum Gasteiger partial charge on any atom is -0.465 e. The van der Waals surface area contributed by atoms with Crippen LogP contribution in [0.1, 0.15) is 27.7 Å². The van der Waals surface area contributed by atoms with Crippen molar-refractivity contribution in [1.29, 1.82) is 5.26 Å². The van der Waals surface area contributed by atoms with Crippen molar-refractivity contribution in [3.8, 4) is 6.07 Å². The molecule has 1 aliphatic rings. The van der Waals surface area contributed by atoms with E-state index in [-0.39, 0.29) is 12.1 Å². The maximum Gasteiger partial charge on any atom is 0.410 e. The number of nitrogens with zero attached hydrogens (tertiary/aromatic N) is 2. The number of methoxy groups -OCH3 is 1. The summed E-state index contributed by atoms with van der Waals surface area (Å²) in [7, 11) is 1.21. The van der Waals surface area contributed by atoms with Crippen molar-refractivity contribution in [1.82, 2.24) is 4.90 Å². The molecule has 0 N–H and O–H groups in total. The average molecular weight is 310 g/mol. The van der Waals surface area contributed by atoms with Gasteiger partial charge in [-0.2, -0.15) is 5.26 Å². The zero-order valence-electron chi connectivity index (χ0n) is 13.6. The van der Waals surface area contributed by atoms with Crippen LogP contribution in [0.15, 0.2) is 11.1 Å². The third-order valence-corrected chi connectivity index (χ3v) is 3.10. The predicted octanol–water partition coefficient (Wildman–Crippen LogP) is 1.64. The molecule has 0 spiro atoms. The topological polar surface area (TPSA) is 88.9 Å². The van der Waals surface area contributed by atoms with E-state index < -0.39 is 23.8 Å². The van der Waals surface area contributed by atoms with Crippen LogP contribution in [0.25, 0.3) is 0 Å². The molecular formula is C15H22N2O5. The lowest BCUT2D eigenvalue weighted by molar-refractivity contribution is -0.135. The second-order valence-corrected chi connectivity index (χ2v) is 5.95. The van der Waals surface area contributed by atoms with Crippen molar-refractivity contribution in [2.45, 2.75) is 39.4 Å². The second-order valence-electron chi connectivity index (χ2n) is 5.95. The Bertz CT molecular complexity index is 513. The number of nitriles is 1. The first-order valence-corrected chi connectivity index (χ1v) is 6.98. The smallest absolute Gasteiger partial charge is 0.410 e. The van der Waals surface area contributed by atoms with Crippen molar-refractivity contribution in [3.63, 3.8) is 0 Å². The van der Waals surface area contributed by atoms with Crippen molar-refractivity contribution in [3.05, 3.63) is 11.1 Å². The Hall–Kier alpha value is -2.07. The second kappa shape index (κ2) is 7.27. The molecule has 1 rings (SSSR count). The van der Waals surface area contributed by atoms with Crippen LogP contribution in [-0.4, -0.2) is 55.5 Å². The van der Waals surface area contributed by atoms with Gasteiger partial charge in [0.05, 0.1) is 26.4 Å². The maximum atomic E-state index is 12.1. The van der Waals surface area contributed by atoms with Crippen LogP contribution >= 0.6 is 0 Å². The van der Waals surface area contributed by atoms with E-state index in [1.807, 2.05) is 6.07 Å². The fourth-order valence-electron chi connectivity index (χ4n) is 1.96. The lowest BCUT2D eigenvalue weighted by Crippen LogP contribution is -2.48. The van der Waals surface area contributed by atoms with Crippen LogP contribution in [-0.2, 0) is 19.0 Å². The number of rotatable bonds is 2. The molecular weight excluding hydrogens is 288 g/mol. The molecule has 7 heteroatoms. The Morgan fingerprint density at radius 2 is 2.00 bits per heavy atom. The zero-order valence-corrected chi connectivity index (χ0v) is 13.6. The molecule has 22 heavy (non-hydrogen) atoms. The van der Waals surface area contributed by atoms with Crippen molar-refractivity contribution in [2.24, 2.45) is 0 Å². The fourth-order valence-corrected chi connectivity index (χ4v) is 1.96. The molecule has 122 valence electrons. The van der Waals surface area contributed by atoms with Crippen LogP contribution < -0.4 is 0 Å². The fraction of sp³-hybridized carbons (Fsp3) is 0.667. The lowest BCUT2D eigenvalue weighted by atomic mass is 10.0. The van der Waals surface area contributed by atoms with E-state index in [0.717, 1.165) is 0 Å². The summed E-state index contributed by atoms with van der Waals surface area (Å²) in [5, 5.41) is 9.09. The molecule has 0 aromatic carbocycles. The van der Waals surface area contributed by atoms with Crippen molar-refractivity contribution in [2.75, 3.05) is 26.8 Å². The Balaban J connectivity index is 2.87. The van der Waals surface area contributed by atoms with Gasteiger partial charge in [-0.15, -0.1) is 0 Å². The summed E-state index contributed by atoms with van der Waals surface area (Å²) in [6.07, 6.45) is -0.972. The third-order valence-electron chi connectivity index (χ3n) is 3.10. The summed E-state index contributed by atoms with van der Waals surface area (Å²) < 4.78 is 15.5. The van der Waals surface area contributed by atoms with E-state index in [0.29, 0.717) is 18.7 Å². The quantitative estimate of drug-likeness (QED) is 0.437. The predicted molar refractivity (Wildman–Crippen MR) is 77.9 cm³/mol. The SMILES string of the molecule is COC(=O)/C(C#N)=C(\C)C1CN(C(=O)OC(C)(C)C)CCO1. The number of carbonyl (C=O) groups excluding carboxylic acids is 2. The third kappa shape index (κ3) is 4.74. The van der Waals surface area contributed by atoms with Gasteiger partial charge in [-0.1, -0.05) is 0 Å². The molecule has 0 saturated carbocycles. The summed E-state index contributed by atoms with van der Waals surface area (Å²) in [4.78, 5) is 25.2. The molecule has 0 aliphatic carbocycles. The van der Waals surface area contributed by atoms with Crippen LogP contribution in [0.5, 0.6) is 0 Å². The highest BCUT2D eigenvalue weighted by molar-refractivity contribution is 5.93. The highest BCUT2D eigenvalue weighted by Crippen LogP contribution is 2.19. The summed E-state index contributed by atoms with van der Waals surface area (Å²) in [6.45, 7) is 7.93. The molecule has 1 saturated heterocycles. The number of morpholine rings is 1. The molecule has 1 atom stereocenters. The van der Waals surface area contributed by atoms with Gasteiger partial charge in [0.15, 0.2) is 0 Å². The summed E-state index contributed by atoms with van der Waals surface area (Å²) in [5.74, 6) is -0.710. The van der Waals surface area contributed by atoms with Gasteiger partial charge in [-0.05, 0) is 33.3 Å². The van der Waals surface area contributed by atoms with Crippen LogP contribution in [0.4, 0.5) is 4.79 Å². The van der Waals surface area contributed by atoms with Gasteiger partial charge in [0.25, 0.3) is 0 Å². The van der Waals surface area contributed by atoms with E-state index in [1.165, 1.54) is 12.0 Å². The Morgan fingerprint density at radius 3 is 2.50 bits per heavy atom. The van der Waals surface area contributed by atoms with E-state index in [4.69, 9.17) is 14.7 Å². The zero-order chi connectivity index (χ0) is 16.9. The average Bonchev–Trinajstić information content (AvgIpc) is 2.46. The Kier molecular flexibility index (Phi) is 5.94. The molecule has 0 aromatic heterocycles. The van der Waals surface area contributed by atoms with Crippen LogP contribution in [0, 0.1) is 11.3 Å². The first kappa shape index (κ1) is 18.0. The molecule has 1 aliphatic heterocycles. The molecule has 7 nitrogen and oxygen atoms in total. The number of amides is 1. The van der Waals surface area contributed by atoms with Gasteiger partial charge in [0, 0.05) is 6.54 Å². The van der Waals surface area contributed by atoms with E-state index in [2.05, 4.69) is 4.74 Å². The molecule has 1 unspecified atom stereocenters. The largest absolute Gasteiger partial charge is 0.465 e. The number of carbonyl (C=O) groups is 2. The molecule has 1 heterocycles. The lowest BCUT2D eigenvalue weighted by Gasteiger charge is -2.34. The molecule has 0 aromatic rings. The molecule has 0 bridgehead atoms. The normalized spacial score (nSPS) is 19.8. The summed E-state index contributed by atoms with van der Waals surface area (Å²) in [5.41, 5.74) is -0.235. The Labute approximate surface area is 130 Å². The van der Waals surface area contributed by atoms with Gasteiger partial charge < -0.3 is 19.1 Å². The summed E-state index contributed by atoms with van der Waals surface area (Å²) in [6, 6.07) is 1.82. The van der Waals surface area contributed by atoms with Gasteiger partial charge in [0.2, 0.25) is 0 Å². The van der Waals surface area contributed by atoms with Gasteiger partial charge >= 0.3 is 12.1 Å². The van der Waals surface area contributed by atoms with Crippen molar-refractivity contribution < 1.29 is 23.8 Å². The summed E-state index contributed by atoms with van der Waals surface area (Å²) >= 11 is 0. The monoisotopic (exact) mass is 310 g/mol. The minimum absolute atomic E-state index is 0.0986. The standard InChI is InChI=1S/C15H22N2O5/c1-10(11(8-16)13(18)20-5)12-9-17(6-7-21-12)14(19)22-15(2,3)4/h12H,6-7,9H2,1-5H3/b11-10+. The van der Waals surface area contributed by atoms with Gasteiger partial charge in [-0.3, -0.25) is 0 Å². The number of hydrogen-bond acceptors (Lipinski definition) is 6. The van der Waals surface area contributed by atoms with Crippen LogP contribution in [0.2, 0.25) is 0 Å². The maximum absolute atomic E-state index is 12.1. The Morgan fingerprint density at radius 1 is 1.36 bits per heavy atom. The first-order valence-electron chi connectivity index (χ1n) is 6.98. The van der Waals surface area contributed by atoms with E-state index in [9.17, 15) is 9.59 Å². The molecule has 0 radical (unpaired) electrons. The minimum atomic E-state index is -0.710. The highest BCUT2D eigenvalue weighted by Gasteiger charge is 2.30. The highest BCUT2D eigenvalue weighted by atomic mass is 16.6. The molecule has 1 amide bonds. The number of ether oxygens (including phenoxy) is 3. The van der Waals surface area contributed by atoms with Crippen LogP contribution in [0.3, 0.4) is 0 Å². The van der Waals surface area contributed by atoms with Gasteiger partial charge in [0.1, 0.15) is 17.2 Å². The number of esters is 1. The first-order chi connectivity index (χ1) is 10.2.